The quantitative estimate of drug-likeness (QED) is 0.0264. The molecule has 0 spiro atoms. The molecule has 0 aromatic heterocycles. The first-order valence-corrected chi connectivity index (χ1v) is 33.2. The highest BCUT2D eigenvalue weighted by Crippen LogP contribution is 2.43. The molecular formula is C67H118NO8P. The summed E-state index contributed by atoms with van der Waals surface area (Å²) in [6.07, 6.45) is 83.4. The molecular weight excluding hydrogens is 978 g/mol. The fourth-order valence-electron chi connectivity index (χ4n) is 8.79. The SMILES string of the molecule is CC/C=C\C/C=C\C/C=C\C/C=C\C/C=C\C/C=C\CCCCCCCCCCCCCCCCCCCCCCC(=O)OC(COC(=O)CCCCCCCCC/C=C\C/C=C\CCCCC)COP(=O)(O)OCCN. The maximum absolute atomic E-state index is 12.7. The molecule has 0 bridgehead atoms. The lowest BCUT2D eigenvalue weighted by Crippen LogP contribution is -2.29. The van der Waals surface area contributed by atoms with Crippen LogP contribution in [0.25, 0.3) is 0 Å². The second-order valence-electron chi connectivity index (χ2n) is 20.9. The number of rotatable bonds is 59. The second-order valence-corrected chi connectivity index (χ2v) is 22.3. The molecule has 0 aromatic carbocycles. The van der Waals surface area contributed by atoms with Crippen LogP contribution in [0.15, 0.2) is 97.2 Å². The number of phosphoric acid groups is 1. The highest BCUT2D eigenvalue weighted by Gasteiger charge is 2.26. The van der Waals surface area contributed by atoms with Gasteiger partial charge in [-0.1, -0.05) is 272 Å². The smallest absolute Gasteiger partial charge is 0.462 e. The van der Waals surface area contributed by atoms with Crippen LogP contribution in [-0.4, -0.2) is 49.3 Å². The van der Waals surface area contributed by atoms with E-state index in [1.165, 1.54) is 154 Å². The summed E-state index contributed by atoms with van der Waals surface area (Å²) in [5.74, 6) is -0.830. The van der Waals surface area contributed by atoms with Crippen LogP contribution in [0.4, 0.5) is 0 Å². The van der Waals surface area contributed by atoms with Crippen molar-refractivity contribution in [3.8, 4) is 0 Å². The number of hydrogen-bond donors (Lipinski definition) is 2. The molecule has 0 saturated carbocycles. The van der Waals surface area contributed by atoms with Crippen molar-refractivity contribution >= 4 is 19.8 Å². The van der Waals surface area contributed by atoms with Gasteiger partial charge in [0.25, 0.3) is 0 Å². The van der Waals surface area contributed by atoms with Crippen molar-refractivity contribution in [1.82, 2.24) is 0 Å². The first-order valence-electron chi connectivity index (χ1n) is 31.7. The molecule has 444 valence electrons. The fraction of sp³-hybridized carbons (Fsp3) is 0.731. The first kappa shape index (κ1) is 73.9. The lowest BCUT2D eigenvalue weighted by atomic mass is 10.0. The zero-order valence-corrected chi connectivity index (χ0v) is 50.6. The molecule has 0 heterocycles. The van der Waals surface area contributed by atoms with Gasteiger partial charge in [0.15, 0.2) is 6.10 Å². The minimum absolute atomic E-state index is 0.0505. The number of esters is 2. The molecule has 77 heavy (non-hydrogen) atoms. The summed E-state index contributed by atoms with van der Waals surface area (Å²) in [4.78, 5) is 35.2. The third-order valence-corrected chi connectivity index (χ3v) is 14.4. The van der Waals surface area contributed by atoms with Gasteiger partial charge in [0.1, 0.15) is 6.61 Å². The largest absolute Gasteiger partial charge is 0.472 e. The van der Waals surface area contributed by atoms with Gasteiger partial charge in [-0.3, -0.25) is 18.6 Å². The maximum Gasteiger partial charge on any atom is 0.472 e. The molecule has 3 N–H and O–H groups in total. The van der Waals surface area contributed by atoms with Gasteiger partial charge >= 0.3 is 19.8 Å². The zero-order valence-electron chi connectivity index (χ0n) is 49.7. The van der Waals surface area contributed by atoms with Crippen molar-refractivity contribution in [1.29, 1.82) is 0 Å². The average Bonchev–Trinajstić information content (AvgIpc) is 3.42. The third kappa shape index (κ3) is 62.0. The van der Waals surface area contributed by atoms with Crippen molar-refractivity contribution in [2.75, 3.05) is 26.4 Å². The molecule has 0 fully saturated rings. The molecule has 0 aromatic rings. The van der Waals surface area contributed by atoms with Crippen LogP contribution in [0.5, 0.6) is 0 Å². The van der Waals surface area contributed by atoms with Crippen molar-refractivity contribution in [2.24, 2.45) is 5.73 Å². The van der Waals surface area contributed by atoms with E-state index in [0.717, 1.165) is 96.3 Å². The van der Waals surface area contributed by atoms with Crippen LogP contribution < -0.4 is 5.73 Å². The van der Waals surface area contributed by atoms with E-state index < -0.39 is 26.5 Å². The van der Waals surface area contributed by atoms with E-state index in [2.05, 4.69) is 111 Å². The number of unbranched alkanes of at least 4 members (excludes halogenated alkanes) is 30. The van der Waals surface area contributed by atoms with Crippen LogP contribution in [0.3, 0.4) is 0 Å². The Morgan fingerprint density at radius 2 is 0.714 bits per heavy atom. The summed E-state index contributed by atoms with van der Waals surface area (Å²) < 4.78 is 33.1. The Morgan fingerprint density at radius 1 is 0.403 bits per heavy atom. The van der Waals surface area contributed by atoms with Crippen LogP contribution in [0.2, 0.25) is 0 Å². The van der Waals surface area contributed by atoms with Crippen molar-refractivity contribution < 1.29 is 37.6 Å². The van der Waals surface area contributed by atoms with E-state index in [1.54, 1.807) is 0 Å². The standard InChI is InChI=1S/C67H118NO8P/c1-3-5-7-9-11-13-15-17-19-21-22-23-24-25-26-27-28-29-30-31-32-33-34-35-36-37-38-39-40-41-42-44-46-48-50-52-54-56-58-60-67(70)76-65(64-75-77(71,72)74-62-61-68)63-73-66(69)59-57-55-53-51-49-47-45-43-20-18-16-14-12-10-8-6-4-2/h5,7,11-14,17-20,22-23,25-26,28-29,65H,3-4,6,8-10,15-16,21,24,27,30-64,68H2,1-2H3,(H,71,72)/b7-5-,13-11-,14-12-,19-17-,20-18-,23-22-,26-25-,29-28-. The molecule has 10 heteroatoms. The van der Waals surface area contributed by atoms with E-state index in [9.17, 15) is 19.0 Å². The van der Waals surface area contributed by atoms with Crippen molar-refractivity contribution in [3.05, 3.63) is 97.2 Å². The Balaban J connectivity index is 3.84. The number of allylic oxidation sites excluding steroid dienone is 16. The van der Waals surface area contributed by atoms with Gasteiger partial charge in [0, 0.05) is 19.4 Å². The lowest BCUT2D eigenvalue weighted by Gasteiger charge is -2.19. The molecule has 2 unspecified atom stereocenters. The van der Waals surface area contributed by atoms with Gasteiger partial charge in [-0.25, -0.2) is 4.57 Å². The topological polar surface area (TPSA) is 134 Å². The van der Waals surface area contributed by atoms with Gasteiger partial charge in [-0.2, -0.15) is 0 Å². The summed E-state index contributed by atoms with van der Waals surface area (Å²) in [5.41, 5.74) is 5.38. The number of hydrogen-bond acceptors (Lipinski definition) is 8. The molecule has 0 aliphatic carbocycles. The third-order valence-electron chi connectivity index (χ3n) is 13.5. The Bertz CT molecular complexity index is 1580. The predicted molar refractivity (Wildman–Crippen MR) is 330 cm³/mol. The molecule has 0 saturated heterocycles. The van der Waals surface area contributed by atoms with E-state index in [-0.39, 0.29) is 38.6 Å². The van der Waals surface area contributed by atoms with Gasteiger partial charge in [-0.05, 0) is 96.3 Å². The van der Waals surface area contributed by atoms with Gasteiger partial charge < -0.3 is 20.1 Å². The van der Waals surface area contributed by atoms with Crippen LogP contribution in [-0.2, 0) is 32.7 Å². The molecule has 0 radical (unpaired) electrons. The minimum Gasteiger partial charge on any atom is -0.462 e. The van der Waals surface area contributed by atoms with E-state index in [1.807, 2.05) is 0 Å². The molecule has 2 atom stereocenters. The fourth-order valence-corrected chi connectivity index (χ4v) is 9.55. The van der Waals surface area contributed by atoms with Crippen LogP contribution in [0, 0.1) is 0 Å². The van der Waals surface area contributed by atoms with Crippen molar-refractivity contribution in [2.45, 2.75) is 290 Å². The van der Waals surface area contributed by atoms with E-state index >= 15 is 0 Å². The summed E-state index contributed by atoms with van der Waals surface area (Å²) in [6, 6.07) is 0. The van der Waals surface area contributed by atoms with E-state index in [0.29, 0.717) is 6.42 Å². The van der Waals surface area contributed by atoms with Gasteiger partial charge in [0.2, 0.25) is 0 Å². The first-order chi connectivity index (χ1) is 37.8. The minimum atomic E-state index is -4.39. The van der Waals surface area contributed by atoms with E-state index in [4.69, 9.17) is 24.3 Å². The average molecular weight is 1100 g/mol. The number of nitrogens with two attached hydrogens (primary N) is 1. The monoisotopic (exact) mass is 1100 g/mol. The lowest BCUT2D eigenvalue weighted by molar-refractivity contribution is -0.161. The zero-order chi connectivity index (χ0) is 55.9. The number of carbonyl (C=O) groups excluding carboxylic acids is 2. The summed E-state index contributed by atoms with van der Waals surface area (Å²) in [6.45, 7) is 3.61. The molecule has 0 aliphatic heterocycles. The number of phosphoric ester groups is 1. The molecule has 0 aliphatic rings. The highest BCUT2D eigenvalue weighted by atomic mass is 31.2. The highest BCUT2D eigenvalue weighted by molar-refractivity contribution is 7.47. The molecule has 0 rings (SSSR count). The van der Waals surface area contributed by atoms with Gasteiger partial charge in [0.05, 0.1) is 13.2 Å². The summed E-state index contributed by atoms with van der Waals surface area (Å²) in [5, 5.41) is 0. The second kappa shape index (κ2) is 62.1. The van der Waals surface area contributed by atoms with Crippen LogP contribution in [0.1, 0.15) is 284 Å². The Kier molecular flexibility index (Phi) is 59.7. The summed E-state index contributed by atoms with van der Waals surface area (Å²) in [7, 11) is -4.39. The number of ether oxygens (including phenoxy) is 2. The normalized spacial score (nSPS) is 13.7. The number of carbonyl (C=O) groups is 2. The summed E-state index contributed by atoms with van der Waals surface area (Å²) >= 11 is 0. The predicted octanol–water partition coefficient (Wildman–Crippen LogP) is 20.4. The Labute approximate surface area is 474 Å². The van der Waals surface area contributed by atoms with Gasteiger partial charge in [-0.15, -0.1) is 0 Å². The molecule has 0 amide bonds. The maximum atomic E-state index is 12.7. The van der Waals surface area contributed by atoms with Crippen LogP contribution >= 0.6 is 7.82 Å². The molecule has 9 nitrogen and oxygen atoms in total. The Hall–Kier alpha value is -3.07. The van der Waals surface area contributed by atoms with Crippen molar-refractivity contribution in [3.63, 3.8) is 0 Å². The Morgan fingerprint density at radius 3 is 1.06 bits per heavy atom.